The first-order chi connectivity index (χ1) is 3.98. The van der Waals surface area contributed by atoms with Gasteiger partial charge in [-0.05, 0) is 0 Å². The highest BCUT2D eigenvalue weighted by atomic mass is 19.4. The van der Waals surface area contributed by atoms with Crippen LogP contribution in [0.2, 0.25) is 0 Å². The number of hydrogen-bond acceptors (Lipinski definition) is 2. The van der Waals surface area contributed by atoms with Gasteiger partial charge in [0.05, 0.1) is 0 Å². The Kier molecular flexibility index (Phi) is 2.51. The zero-order chi connectivity index (χ0) is 7.49. The second kappa shape index (κ2) is 2.72. The van der Waals surface area contributed by atoms with Crippen molar-refractivity contribution in [1.82, 2.24) is 10.9 Å². The van der Waals surface area contributed by atoms with Crippen molar-refractivity contribution in [3.8, 4) is 0 Å². The molecule has 0 saturated heterocycles. The van der Waals surface area contributed by atoms with Crippen molar-refractivity contribution in [3.63, 3.8) is 0 Å². The Hall–Kier alpha value is -0.710. The van der Waals surface area contributed by atoms with Gasteiger partial charge in [0.25, 0.3) is 0 Å². The van der Waals surface area contributed by atoms with Crippen LogP contribution in [0.3, 0.4) is 0 Å². The van der Waals surface area contributed by atoms with E-state index in [1.807, 2.05) is 5.43 Å². The third kappa shape index (κ3) is 2.97. The topological polar surface area (TPSA) is 24.1 Å². The average molecular weight is 140 g/mol. The van der Waals surface area contributed by atoms with E-state index < -0.39 is 11.9 Å². The lowest BCUT2D eigenvalue weighted by atomic mass is 10.5. The first-order valence-corrected chi connectivity index (χ1v) is 2.17. The largest absolute Gasteiger partial charge is 0.431 e. The molecule has 0 aliphatic rings. The van der Waals surface area contributed by atoms with E-state index in [4.69, 9.17) is 0 Å². The fourth-order valence-corrected chi connectivity index (χ4v) is 0.222. The van der Waals surface area contributed by atoms with Crippen molar-refractivity contribution in [1.29, 1.82) is 0 Å². The molecule has 0 aliphatic heterocycles. The summed E-state index contributed by atoms with van der Waals surface area (Å²) in [6.07, 6.45) is -4.36. The van der Waals surface area contributed by atoms with Crippen LogP contribution in [0, 0.1) is 0 Å². The van der Waals surface area contributed by atoms with Gasteiger partial charge in [0.2, 0.25) is 0 Å². The highest BCUT2D eigenvalue weighted by molar-refractivity contribution is 4.97. The lowest BCUT2D eigenvalue weighted by Crippen LogP contribution is -2.33. The van der Waals surface area contributed by atoms with Crippen molar-refractivity contribution < 1.29 is 13.2 Å². The normalized spacial score (nSPS) is 11.1. The molecule has 0 rings (SSSR count). The van der Waals surface area contributed by atoms with Crippen molar-refractivity contribution in [3.05, 3.63) is 12.3 Å². The fourth-order valence-electron chi connectivity index (χ4n) is 0.222. The SMILES string of the molecule is C=C(NNC)C(F)(F)F. The molecule has 0 aromatic heterocycles. The first kappa shape index (κ1) is 8.29. The summed E-state index contributed by atoms with van der Waals surface area (Å²) < 4.78 is 34.3. The molecule has 2 nitrogen and oxygen atoms in total. The minimum Gasteiger partial charge on any atom is -0.318 e. The van der Waals surface area contributed by atoms with Crippen LogP contribution < -0.4 is 10.9 Å². The number of hydrazine groups is 1. The van der Waals surface area contributed by atoms with Crippen molar-refractivity contribution >= 4 is 0 Å². The molecule has 0 spiro atoms. The molecule has 0 aromatic rings. The Morgan fingerprint density at radius 1 is 1.44 bits per heavy atom. The minimum atomic E-state index is -4.36. The molecule has 0 bridgehead atoms. The lowest BCUT2D eigenvalue weighted by molar-refractivity contribution is -0.0974. The number of allylic oxidation sites excluding steroid dienone is 1. The fraction of sp³-hybridized carbons (Fsp3) is 0.500. The Morgan fingerprint density at radius 3 is 2.00 bits per heavy atom. The van der Waals surface area contributed by atoms with Crippen LogP contribution in [0.1, 0.15) is 0 Å². The van der Waals surface area contributed by atoms with Crippen LogP contribution in [0.15, 0.2) is 12.3 Å². The second-order valence-electron chi connectivity index (χ2n) is 1.35. The number of alkyl halides is 3. The molecule has 0 heterocycles. The van der Waals surface area contributed by atoms with Gasteiger partial charge in [-0.1, -0.05) is 6.58 Å². The van der Waals surface area contributed by atoms with Crippen LogP contribution in [-0.4, -0.2) is 13.2 Å². The zero-order valence-electron chi connectivity index (χ0n) is 4.84. The maximum Gasteiger partial charge on any atom is 0.431 e. The van der Waals surface area contributed by atoms with Crippen molar-refractivity contribution in [2.75, 3.05) is 7.05 Å². The summed E-state index contributed by atoms with van der Waals surface area (Å²) >= 11 is 0. The molecule has 0 unspecified atom stereocenters. The lowest BCUT2D eigenvalue weighted by Gasteiger charge is -2.10. The molecule has 0 radical (unpaired) electrons. The van der Waals surface area contributed by atoms with Crippen LogP contribution in [0.25, 0.3) is 0 Å². The number of rotatable bonds is 2. The predicted octanol–water partition coefficient (Wildman–Crippen LogP) is 0.786. The summed E-state index contributed by atoms with van der Waals surface area (Å²) in [5.74, 6) is 0. The Morgan fingerprint density at radius 2 is 1.89 bits per heavy atom. The number of halogens is 3. The van der Waals surface area contributed by atoms with Gasteiger partial charge in [0.1, 0.15) is 5.70 Å². The Labute approximate surface area is 50.7 Å². The maximum absolute atomic E-state index is 11.4. The average Bonchev–Trinajstić information content (AvgIpc) is 1.64. The van der Waals surface area contributed by atoms with E-state index in [9.17, 15) is 13.2 Å². The Balaban J connectivity index is 3.74. The zero-order valence-corrected chi connectivity index (χ0v) is 4.84. The predicted molar refractivity (Wildman–Crippen MR) is 27.4 cm³/mol. The molecule has 0 aromatic carbocycles. The molecule has 9 heavy (non-hydrogen) atoms. The maximum atomic E-state index is 11.4. The Bertz CT molecular complexity index is 107. The summed E-state index contributed by atoms with van der Waals surface area (Å²) in [4.78, 5) is 0. The molecular formula is C4H7F3N2. The summed E-state index contributed by atoms with van der Waals surface area (Å²) in [5.41, 5.74) is 2.93. The van der Waals surface area contributed by atoms with E-state index in [2.05, 4.69) is 12.0 Å². The highest BCUT2D eigenvalue weighted by Crippen LogP contribution is 2.20. The molecular weight excluding hydrogens is 133 g/mol. The van der Waals surface area contributed by atoms with Gasteiger partial charge in [-0.2, -0.15) is 13.2 Å². The third-order valence-corrected chi connectivity index (χ3v) is 0.618. The van der Waals surface area contributed by atoms with Crippen molar-refractivity contribution in [2.45, 2.75) is 6.18 Å². The molecule has 2 N–H and O–H groups in total. The highest BCUT2D eigenvalue weighted by Gasteiger charge is 2.31. The van der Waals surface area contributed by atoms with Gasteiger partial charge in [-0.3, -0.25) is 0 Å². The van der Waals surface area contributed by atoms with E-state index in [1.165, 1.54) is 7.05 Å². The molecule has 0 atom stereocenters. The van der Waals surface area contributed by atoms with Crippen LogP contribution in [-0.2, 0) is 0 Å². The molecule has 0 fully saturated rings. The van der Waals surface area contributed by atoms with E-state index in [-0.39, 0.29) is 0 Å². The molecule has 0 amide bonds. The van der Waals surface area contributed by atoms with Crippen LogP contribution in [0.5, 0.6) is 0 Å². The van der Waals surface area contributed by atoms with Crippen LogP contribution in [0.4, 0.5) is 13.2 Å². The standard InChI is InChI=1S/C4H7F3N2/c1-3(9-8-2)4(5,6)7/h8-9H,1H2,2H3. The monoisotopic (exact) mass is 140 g/mol. The smallest absolute Gasteiger partial charge is 0.318 e. The van der Waals surface area contributed by atoms with Crippen LogP contribution >= 0.6 is 0 Å². The van der Waals surface area contributed by atoms with Gasteiger partial charge in [0.15, 0.2) is 0 Å². The van der Waals surface area contributed by atoms with Gasteiger partial charge in [-0.25, -0.2) is 5.43 Å². The van der Waals surface area contributed by atoms with Gasteiger partial charge in [0, 0.05) is 7.05 Å². The molecule has 54 valence electrons. The van der Waals surface area contributed by atoms with E-state index in [0.717, 1.165) is 0 Å². The number of nitrogens with one attached hydrogen (secondary N) is 2. The quantitative estimate of drug-likeness (QED) is 0.554. The van der Waals surface area contributed by atoms with E-state index in [0.29, 0.717) is 0 Å². The van der Waals surface area contributed by atoms with Gasteiger partial charge in [-0.15, -0.1) is 0 Å². The first-order valence-electron chi connectivity index (χ1n) is 2.17. The second-order valence-corrected chi connectivity index (χ2v) is 1.35. The van der Waals surface area contributed by atoms with Gasteiger partial charge < -0.3 is 5.43 Å². The van der Waals surface area contributed by atoms with E-state index >= 15 is 0 Å². The summed E-state index contributed by atoms with van der Waals surface area (Å²) in [6.45, 7) is 2.72. The summed E-state index contributed by atoms with van der Waals surface area (Å²) in [6, 6.07) is 0. The molecule has 0 aliphatic carbocycles. The summed E-state index contributed by atoms with van der Waals surface area (Å²) in [7, 11) is 1.33. The third-order valence-electron chi connectivity index (χ3n) is 0.618. The molecule has 0 saturated carbocycles. The summed E-state index contributed by atoms with van der Waals surface area (Å²) in [5, 5.41) is 0. The number of hydrogen-bond donors (Lipinski definition) is 2. The van der Waals surface area contributed by atoms with E-state index in [1.54, 1.807) is 0 Å². The minimum absolute atomic E-state index is 0.995. The van der Waals surface area contributed by atoms with Crippen molar-refractivity contribution in [2.24, 2.45) is 0 Å². The van der Waals surface area contributed by atoms with Gasteiger partial charge >= 0.3 is 6.18 Å². The molecule has 5 heteroatoms.